The summed E-state index contributed by atoms with van der Waals surface area (Å²) in [5.74, 6) is -0.319. The van der Waals surface area contributed by atoms with Crippen LogP contribution in [0.5, 0.6) is 0 Å². The Hall–Kier alpha value is -1.46. The van der Waals surface area contributed by atoms with Crippen LogP contribution < -0.4 is 5.32 Å². The Labute approximate surface area is 113 Å². The van der Waals surface area contributed by atoms with Crippen molar-refractivity contribution in [1.82, 2.24) is 4.98 Å². The number of pyridine rings is 1. The van der Waals surface area contributed by atoms with Crippen molar-refractivity contribution in [3.8, 4) is 0 Å². The number of hydrogen-bond acceptors (Lipinski definition) is 3. The molecule has 1 heterocycles. The van der Waals surface area contributed by atoms with Gasteiger partial charge in [0.05, 0.1) is 18.3 Å². The molecule has 0 amide bonds. The van der Waals surface area contributed by atoms with Crippen molar-refractivity contribution in [2.75, 3.05) is 11.9 Å². The van der Waals surface area contributed by atoms with Gasteiger partial charge >= 0.3 is 0 Å². The molecule has 2 aromatic rings. The summed E-state index contributed by atoms with van der Waals surface area (Å²) in [7, 11) is 0. The largest absolute Gasteiger partial charge is 0.394 e. The van der Waals surface area contributed by atoms with Gasteiger partial charge in [-0.15, -0.1) is 0 Å². The molecule has 1 atom stereocenters. The first-order valence-electron chi connectivity index (χ1n) is 5.43. The normalized spacial score (nSPS) is 12.2. The Bertz CT molecular complexity index is 519. The van der Waals surface area contributed by atoms with E-state index in [-0.39, 0.29) is 18.5 Å². The molecule has 1 aromatic carbocycles. The first-order chi connectivity index (χ1) is 8.69. The predicted molar refractivity (Wildman–Crippen MR) is 71.8 cm³/mol. The maximum atomic E-state index is 13.1. The molecule has 18 heavy (non-hydrogen) atoms. The highest BCUT2D eigenvalue weighted by Gasteiger charge is 2.11. The molecular formula is C13H12BrFN2O. The van der Waals surface area contributed by atoms with Gasteiger partial charge in [0.25, 0.3) is 0 Å². The fourth-order valence-electron chi connectivity index (χ4n) is 1.59. The molecule has 0 aliphatic carbocycles. The van der Waals surface area contributed by atoms with Gasteiger partial charge in [0.15, 0.2) is 0 Å². The molecule has 0 saturated carbocycles. The van der Waals surface area contributed by atoms with Crippen molar-refractivity contribution in [3.63, 3.8) is 0 Å². The summed E-state index contributed by atoms with van der Waals surface area (Å²) in [5.41, 5.74) is 1.31. The standard InChI is InChI=1S/C13H12BrFN2O/c14-9-4-5-12(16-7-9)13(8-18)17-11-3-1-2-10(15)6-11/h1-7,13,17-18H,8H2. The van der Waals surface area contributed by atoms with Crippen LogP contribution in [0.3, 0.4) is 0 Å². The second-order valence-electron chi connectivity index (χ2n) is 3.79. The van der Waals surface area contributed by atoms with Crippen LogP contribution in [0.15, 0.2) is 47.1 Å². The lowest BCUT2D eigenvalue weighted by Crippen LogP contribution is -2.16. The summed E-state index contributed by atoms with van der Waals surface area (Å²) in [6.07, 6.45) is 1.66. The zero-order valence-corrected chi connectivity index (χ0v) is 11.1. The molecule has 0 fully saturated rings. The molecule has 3 nitrogen and oxygen atoms in total. The van der Waals surface area contributed by atoms with E-state index < -0.39 is 0 Å². The lowest BCUT2D eigenvalue weighted by atomic mass is 10.2. The maximum absolute atomic E-state index is 13.1. The fraction of sp³-hybridized carbons (Fsp3) is 0.154. The van der Waals surface area contributed by atoms with Crippen LogP contribution in [0.4, 0.5) is 10.1 Å². The lowest BCUT2D eigenvalue weighted by Gasteiger charge is -2.17. The SMILES string of the molecule is OCC(Nc1cccc(F)c1)c1ccc(Br)cn1. The van der Waals surface area contributed by atoms with Crippen LogP contribution in [-0.4, -0.2) is 16.7 Å². The summed E-state index contributed by atoms with van der Waals surface area (Å²) < 4.78 is 13.9. The quantitative estimate of drug-likeness (QED) is 0.912. The molecule has 0 saturated heterocycles. The number of benzene rings is 1. The van der Waals surface area contributed by atoms with E-state index in [1.165, 1.54) is 12.1 Å². The molecule has 0 aliphatic rings. The van der Waals surface area contributed by atoms with Gasteiger partial charge in [0.1, 0.15) is 5.82 Å². The summed E-state index contributed by atoms with van der Waals surface area (Å²) in [6.45, 7) is -0.120. The summed E-state index contributed by atoms with van der Waals surface area (Å²) >= 11 is 3.30. The highest BCUT2D eigenvalue weighted by Crippen LogP contribution is 2.19. The molecule has 94 valence electrons. The zero-order chi connectivity index (χ0) is 13.0. The second-order valence-corrected chi connectivity index (χ2v) is 4.71. The summed E-state index contributed by atoms with van der Waals surface area (Å²) in [4.78, 5) is 4.20. The highest BCUT2D eigenvalue weighted by molar-refractivity contribution is 9.10. The van der Waals surface area contributed by atoms with Gasteiger partial charge in [-0.3, -0.25) is 4.98 Å². The molecule has 1 aromatic heterocycles. The second kappa shape index (κ2) is 5.93. The van der Waals surface area contributed by atoms with Crippen molar-refractivity contribution in [1.29, 1.82) is 0 Å². The molecule has 0 bridgehead atoms. The maximum Gasteiger partial charge on any atom is 0.125 e. The van der Waals surface area contributed by atoms with Gasteiger partial charge in [-0.2, -0.15) is 0 Å². The number of hydrogen-bond donors (Lipinski definition) is 2. The number of aromatic nitrogens is 1. The average molecular weight is 311 g/mol. The predicted octanol–water partition coefficient (Wildman–Crippen LogP) is 3.13. The van der Waals surface area contributed by atoms with Gasteiger partial charge in [-0.05, 0) is 46.3 Å². The van der Waals surface area contributed by atoms with E-state index in [2.05, 4.69) is 26.2 Å². The first-order valence-corrected chi connectivity index (χ1v) is 6.23. The molecule has 2 rings (SSSR count). The number of anilines is 1. The van der Waals surface area contributed by atoms with Gasteiger partial charge in [0, 0.05) is 16.4 Å². The molecule has 0 aliphatic heterocycles. The third-order valence-corrected chi connectivity index (χ3v) is 2.92. The summed E-state index contributed by atoms with van der Waals surface area (Å²) in [5, 5.41) is 12.4. The first kappa shape index (κ1) is 13.0. The molecular weight excluding hydrogens is 299 g/mol. The monoisotopic (exact) mass is 310 g/mol. The van der Waals surface area contributed by atoms with Crippen molar-refractivity contribution in [2.24, 2.45) is 0 Å². The minimum absolute atomic E-state index is 0.120. The van der Waals surface area contributed by atoms with Gasteiger partial charge < -0.3 is 10.4 Å². The topological polar surface area (TPSA) is 45.1 Å². The number of halogens is 2. The minimum atomic E-state index is -0.361. The van der Waals surface area contributed by atoms with Crippen molar-refractivity contribution in [2.45, 2.75) is 6.04 Å². The zero-order valence-electron chi connectivity index (χ0n) is 9.48. The van der Waals surface area contributed by atoms with Crippen molar-refractivity contribution >= 4 is 21.6 Å². The van der Waals surface area contributed by atoms with E-state index >= 15 is 0 Å². The third kappa shape index (κ3) is 3.27. The van der Waals surface area contributed by atoms with E-state index in [4.69, 9.17) is 0 Å². The molecule has 0 radical (unpaired) electrons. The molecule has 2 N–H and O–H groups in total. The Morgan fingerprint density at radius 3 is 2.78 bits per heavy atom. The number of aliphatic hydroxyl groups is 1. The number of aliphatic hydroxyl groups excluding tert-OH is 1. The minimum Gasteiger partial charge on any atom is -0.394 e. The van der Waals surface area contributed by atoms with Crippen LogP contribution in [0.1, 0.15) is 11.7 Å². The highest BCUT2D eigenvalue weighted by atomic mass is 79.9. The van der Waals surface area contributed by atoms with Crippen molar-refractivity contribution < 1.29 is 9.50 Å². The van der Waals surface area contributed by atoms with Gasteiger partial charge in [-0.25, -0.2) is 4.39 Å². The van der Waals surface area contributed by atoms with Gasteiger partial charge in [0.2, 0.25) is 0 Å². The van der Waals surface area contributed by atoms with Crippen LogP contribution in [0, 0.1) is 5.82 Å². The Balaban J connectivity index is 2.17. The van der Waals surface area contributed by atoms with Crippen LogP contribution in [-0.2, 0) is 0 Å². The Kier molecular flexibility index (Phi) is 4.28. The summed E-state index contributed by atoms with van der Waals surface area (Å²) in [6, 6.07) is 9.39. The number of rotatable bonds is 4. The smallest absolute Gasteiger partial charge is 0.125 e. The van der Waals surface area contributed by atoms with Crippen LogP contribution in [0.25, 0.3) is 0 Å². The molecule has 5 heteroatoms. The average Bonchev–Trinajstić information content (AvgIpc) is 2.37. The van der Waals surface area contributed by atoms with E-state index in [1.807, 2.05) is 6.07 Å². The number of nitrogens with zero attached hydrogens (tertiary/aromatic N) is 1. The van der Waals surface area contributed by atoms with Gasteiger partial charge in [-0.1, -0.05) is 6.07 Å². The molecule has 1 unspecified atom stereocenters. The van der Waals surface area contributed by atoms with Crippen molar-refractivity contribution in [3.05, 3.63) is 58.6 Å². The van der Waals surface area contributed by atoms with Crippen LogP contribution in [0.2, 0.25) is 0 Å². The third-order valence-electron chi connectivity index (χ3n) is 2.46. The lowest BCUT2D eigenvalue weighted by molar-refractivity contribution is 0.274. The Morgan fingerprint density at radius 1 is 1.33 bits per heavy atom. The van der Waals surface area contributed by atoms with E-state index in [0.29, 0.717) is 11.4 Å². The van der Waals surface area contributed by atoms with Crippen LogP contribution >= 0.6 is 15.9 Å². The number of nitrogens with one attached hydrogen (secondary N) is 1. The Morgan fingerprint density at radius 2 is 2.17 bits per heavy atom. The molecule has 0 spiro atoms. The van der Waals surface area contributed by atoms with E-state index in [9.17, 15) is 9.50 Å². The van der Waals surface area contributed by atoms with E-state index in [1.54, 1.807) is 24.4 Å². The fourth-order valence-corrected chi connectivity index (χ4v) is 1.82. The van der Waals surface area contributed by atoms with E-state index in [0.717, 1.165) is 4.47 Å².